The number of amides is 1. The van der Waals surface area contributed by atoms with E-state index >= 15 is 0 Å². The molecule has 1 aromatic heterocycles. The molecule has 5 N–H and O–H groups in total. The lowest BCUT2D eigenvalue weighted by molar-refractivity contribution is -0.115. The van der Waals surface area contributed by atoms with Crippen molar-refractivity contribution in [1.82, 2.24) is 9.97 Å². The summed E-state index contributed by atoms with van der Waals surface area (Å²) in [5.41, 5.74) is 9.50. The van der Waals surface area contributed by atoms with Gasteiger partial charge in [0.2, 0.25) is 5.91 Å². The first kappa shape index (κ1) is 21.9. The lowest BCUT2D eigenvalue weighted by atomic mass is 10.1. The van der Waals surface area contributed by atoms with E-state index in [4.69, 9.17) is 15.9 Å². The second kappa shape index (κ2) is 9.80. The number of H-pyrrole nitrogens is 1. The van der Waals surface area contributed by atoms with E-state index in [0.29, 0.717) is 17.8 Å². The Morgan fingerprint density at radius 1 is 1.26 bits per heavy atom. The molecule has 2 aromatic carbocycles. The lowest BCUT2D eigenvalue weighted by Crippen LogP contribution is -2.33. The number of nitrogens with two attached hydrogens (primary N) is 1. The molecule has 0 saturated carbocycles. The van der Waals surface area contributed by atoms with Crippen molar-refractivity contribution in [3.8, 4) is 5.75 Å². The molecule has 0 unspecified atom stereocenters. The Morgan fingerprint density at radius 2 is 2.00 bits per heavy atom. The maximum Gasteiger partial charge on any atom is 0.243 e. The third kappa shape index (κ3) is 6.08. The number of hydrogen-bond acceptors (Lipinski definition) is 5. The molecule has 8 heteroatoms. The number of ether oxygens (including phenoxy) is 1. The first-order valence-corrected chi connectivity index (χ1v) is 10.1. The zero-order valence-corrected chi connectivity index (χ0v) is 18.0. The normalized spacial score (nSPS) is 10.7. The van der Waals surface area contributed by atoms with Crippen LogP contribution >= 0.6 is 0 Å². The van der Waals surface area contributed by atoms with Gasteiger partial charge in [0, 0.05) is 22.6 Å². The van der Waals surface area contributed by atoms with Gasteiger partial charge in [-0.3, -0.25) is 10.2 Å². The standard InChI is InChI=1S/C23H28N6O2/c1-15(2)31-20-9-7-18(8-10-20)28-22(30)13-29(12-21-16(3)26-14-27-21)19-6-4-5-17(11-19)23(24)25/h4-11,14-15H,12-13H2,1-3H3,(H3,24,25)(H,26,27)(H,28,30). The molecule has 0 aliphatic carbocycles. The average Bonchev–Trinajstić information content (AvgIpc) is 3.13. The molecule has 31 heavy (non-hydrogen) atoms. The van der Waals surface area contributed by atoms with Crippen molar-refractivity contribution in [2.24, 2.45) is 5.73 Å². The predicted molar refractivity (Wildman–Crippen MR) is 123 cm³/mol. The van der Waals surface area contributed by atoms with Gasteiger partial charge in [-0.25, -0.2) is 4.98 Å². The summed E-state index contributed by atoms with van der Waals surface area (Å²) in [6, 6.07) is 14.6. The number of aromatic nitrogens is 2. The summed E-state index contributed by atoms with van der Waals surface area (Å²) in [5.74, 6) is 0.564. The zero-order chi connectivity index (χ0) is 22.4. The molecule has 162 valence electrons. The Balaban J connectivity index is 1.76. The maximum absolute atomic E-state index is 12.8. The Hall–Kier alpha value is -3.81. The smallest absolute Gasteiger partial charge is 0.243 e. The second-order valence-electron chi connectivity index (χ2n) is 7.53. The maximum atomic E-state index is 12.8. The van der Waals surface area contributed by atoms with E-state index < -0.39 is 0 Å². The van der Waals surface area contributed by atoms with Crippen LogP contribution in [0.1, 0.15) is 30.8 Å². The van der Waals surface area contributed by atoms with Crippen LogP contribution in [0.5, 0.6) is 5.75 Å². The van der Waals surface area contributed by atoms with Gasteiger partial charge < -0.3 is 25.7 Å². The minimum Gasteiger partial charge on any atom is -0.491 e. The molecule has 0 atom stereocenters. The number of nitrogens with one attached hydrogen (secondary N) is 3. The van der Waals surface area contributed by atoms with E-state index in [-0.39, 0.29) is 24.4 Å². The van der Waals surface area contributed by atoms with E-state index in [2.05, 4.69) is 15.3 Å². The number of hydrogen-bond donors (Lipinski definition) is 4. The number of rotatable bonds is 9. The highest BCUT2D eigenvalue weighted by molar-refractivity contribution is 5.97. The van der Waals surface area contributed by atoms with Gasteiger partial charge in [0.1, 0.15) is 11.6 Å². The number of aromatic amines is 1. The molecule has 3 rings (SSSR count). The van der Waals surface area contributed by atoms with E-state index in [9.17, 15) is 4.79 Å². The number of carbonyl (C=O) groups is 1. The van der Waals surface area contributed by atoms with Crippen LogP contribution in [0.2, 0.25) is 0 Å². The van der Waals surface area contributed by atoms with Crippen molar-refractivity contribution in [2.75, 3.05) is 16.8 Å². The van der Waals surface area contributed by atoms with Crippen LogP contribution in [0.25, 0.3) is 0 Å². The summed E-state index contributed by atoms with van der Waals surface area (Å²) < 4.78 is 5.64. The molecule has 1 heterocycles. The van der Waals surface area contributed by atoms with E-state index in [0.717, 1.165) is 22.8 Å². The van der Waals surface area contributed by atoms with E-state index in [1.54, 1.807) is 18.5 Å². The van der Waals surface area contributed by atoms with Gasteiger partial charge in [-0.2, -0.15) is 0 Å². The summed E-state index contributed by atoms with van der Waals surface area (Å²) in [4.78, 5) is 22.1. The number of aryl methyl sites for hydroxylation is 1. The van der Waals surface area contributed by atoms with Gasteiger partial charge in [0.15, 0.2) is 0 Å². The Labute approximate surface area is 182 Å². The van der Waals surface area contributed by atoms with Crippen LogP contribution in [-0.4, -0.2) is 34.4 Å². The Kier molecular flexibility index (Phi) is 6.92. The molecular formula is C23H28N6O2. The van der Waals surface area contributed by atoms with Crippen molar-refractivity contribution in [3.05, 3.63) is 71.8 Å². The monoisotopic (exact) mass is 420 g/mol. The number of benzene rings is 2. The second-order valence-corrected chi connectivity index (χ2v) is 7.53. The van der Waals surface area contributed by atoms with Crippen molar-refractivity contribution in [1.29, 1.82) is 5.41 Å². The van der Waals surface area contributed by atoms with Gasteiger partial charge in [-0.1, -0.05) is 12.1 Å². The Morgan fingerprint density at radius 3 is 2.61 bits per heavy atom. The summed E-state index contributed by atoms with van der Waals surface area (Å²) in [5, 5.41) is 10.6. The number of imidazole rings is 1. The highest BCUT2D eigenvalue weighted by Crippen LogP contribution is 2.20. The summed E-state index contributed by atoms with van der Waals surface area (Å²) in [7, 11) is 0. The van der Waals surface area contributed by atoms with Crippen LogP contribution in [0.15, 0.2) is 54.9 Å². The van der Waals surface area contributed by atoms with Crippen LogP contribution in [0, 0.1) is 12.3 Å². The summed E-state index contributed by atoms with van der Waals surface area (Å²) >= 11 is 0. The van der Waals surface area contributed by atoms with Crippen molar-refractivity contribution in [2.45, 2.75) is 33.4 Å². The molecule has 8 nitrogen and oxygen atoms in total. The van der Waals surface area contributed by atoms with E-state index in [1.807, 2.05) is 62.1 Å². The molecule has 3 aromatic rings. The number of anilines is 2. The van der Waals surface area contributed by atoms with Gasteiger partial charge in [0.25, 0.3) is 0 Å². The van der Waals surface area contributed by atoms with Gasteiger partial charge in [0.05, 0.1) is 31.2 Å². The molecule has 0 fully saturated rings. The largest absolute Gasteiger partial charge is 0.491 e. The molecule has 0 aliphatic rings. The molecule has 0 saturated heterocycles. The topological polar surface area (TPSA) is 120 Å². The van der Waals surface area contributed by atoms with Gasteiger partial charge in [-0.15, -0.1) is 0 Å². The SMILES string of the molecule is Cc1[nH]cnc1CN(CC(=O)Nc1ccc(OC(C)C)cc1)c1cccc(C(=N)N)c1. The van der Waals surface area contributed by atoms with Gasteiger partial charge in [-0.05, 0) is 57.2 Å². The average molecular weight is 421 g/mol. The molecule has 0 aliphatic heterocycles. The number of nitrogens with zero attached hydrogens (tertiary/aromatic N) is 2. The first-order chi connectivity index (χ1) is 14.8. The van der Waals surface area contributed by atoms with Crippen LogP contribution < -0.4 is 20.7 Å². The van der Waals surface area contributed by atoms with Gasteiger partial charge >= 0.3 is 0 Å². The minimum absolute atomic E-state index is 0.0223. The molecule has 1 amide bonds. The summed E-state index contributed by atoms with van der Waals surface area (Å²) in [6.07, 6.45) is 1.72. The third-order valence-electron chi connectivity index (χ3n) is 4.64. The third-order valence-corrected chi connectivity index (χ3v) is 4.64. The fraction of sp³-hybridized carbons (Fsp3) is 0.261. The van der Waals surface area contributed by atoms with Crippen molar-refractivity contribution >= 4 is 23.1 Å². The molecule has 0 spiro atoms. The first-order valence-electron chi connectivity index (χ1n) is 10.1. The number of carbonyl (C=O) groups excluding carboxylic acids is 1. The fourth-order valence-corrected chi connectivity index (χ4v) is 3.10. The zero-order valence-electron chi connectivity index (χ0n) is 18.0. The lowest BCUT2D eigenvalue weighted by Gasteiger charge is -2.24. The molecule has 0 bridgehead atoms. The number of nitrogen functional groups attached to an aromatic ring is 1. The quantitative estimate of drug-likeness (QED) is 0.312. The highest BCUT2D eigenvalue weighted by Gasteiger charge is 2.16. The fourth-order valence-electron chi connectivity index (χ4n) is 3.10. The molecule has 0 radical (unpaired) electrons. The Bertz CT molecular complexity index is 1040. The van der Waals surface area contributed by atoms with Crippen LogP contribution in [-0.2, 0) is 11.3 Å². The summed E-state index contributed by atoms with van der Waals surface area (Å²) in [6.45, 7) is 6.41. The van der Waals surface area contributed by atoms with E-state index in [1.165, 1.54) is 0 Å². The van der Waals surface area contributed by atoms with Crippen molar-refractivity contribution in [3.63, 3.8) is 0 Å². The van der Waals surface area contributed by atoms with Crippen LogP contribution in [0.3, 0.4) is 0 Å². The minimum atomic E-state index is -0.168. The van der Waals surface area contributed by atoms with Crippen molar-refractivity contribution < 1.29 is 9.53 Å². The van der Waals surface area contributed by atoms with Crippen LogP contribution in [0.4, 0.5) is 11.4 Å². The number of amidine groups is 1. The highest BCUT2D eigenvalue weighted by atomic mass is 16.5. The molecular weight excluding hydrogens is 392 g/mol. The predicted octanol–water partition coefficient (Wildman–Crippen LogP) is 3.43.